The molecular formula is C15H36NO6P. The molecule has 0 atom stereocenters. The van der Waals surface area contributed by atoms with E-state index in [1.54, 1.807) is 0 Å². The second-order valence-corrected chi connectivity index (χ2v) is 7.12. The van der Waals surface area contributed by atoms with Crippen LogP contribution in [0.5, 0.6) is 0 Å². The zero-order chi connectivity index (χ0) is 18.0. The molecule has 0 aliphatic rings. The SMILES string of the molecule is CCCCCCCCCCCCP(=O)(O)O.CON(OC)OC. The summed E-state index contributed by atoms with van der Waals surface area (Å²) >= 11 is 0. The predicted octanol–water partition coefficient (Wildman–Crippen LogP) is 4.06. The number of hydrogen-bond donors (Lipinski definition) is 2. The van der Waals surface area contributed by atoms with Gasteiger partial charge in [-0.25, -0.2) is 0 Å². The Labute approximate surface area is 141 Å². The first-order chi connectivity index (χ1) is 10.9. The lowest BCUT2D eigenvalue weighted by atomic mass is 10.1. The van der Waals surface area contributed by atoms with Crippen LogP contribution in [0.2, 0.25) is 0 Å². The van der Waals surface area contributed by atoms with Crippen molar-refractivity contribution >= 4 is 7.60 Å². The predicted molar refractivity (Wildman–Crippen MR) is 91.6 cm³/mol. The van der Waals surface area contributed by atoms with E-state index in [2.05, 4.69) is 21.4 Å². The van der Waals surface area contributed by atoms with E-state index in [0.29, 0.717) is 6.42 Å². The molecule has 142 valence electrons. The van der Waals surface area contributed by atoms with E-state index in [-0.39, 0.29) is 6.16 Å². The fourth-order valence-corrected chi connectivity index (χ4v) is 2.66. The van der Waals surface area contributed by atoms with Crippen LogP contribution in [-0.4, -0.2) is 42.7 Å². The van der Waals surface area contributed by atoms with Gasteiger partial charge in [0.1, 0.15) is 0 Å². The summed E-state index contributed by atoms with van der Waals surface area (Å²) in [5.41, 5.74) is 0. The first kappa shape index (κ1) is 25.2. The molecule has 0 aliphatic heterocycles. The Balaban J connectivity index is 0. The molecule has 0 heterocycles. The summed E-state index contributed by atoms with van der Waals surface area (Å²) in [5.74, 6) is 0. The van der Waals surface area contributed by atoms with E-state index in [4.69, 9.17) is 9.79 Å². The van der Waals surface area contributed by atoms with E-state index < -0.39 is 7.60 Å². The number of nitrogens with zero attached hydrogens (tertiary/aromatic N) is 1. The lowest BCUT2D eigenvalue weighted by Crippen LogP contribution is -2.18. The monoisotopic (exact) mass is 357 g/mol. The molecule has 23 heavy (non-hydrogen) atoms. The lowest BCUT2D eigenvalue weighted by Gasteiger charge is -2.10. The first-order valence-electron chi connectivity index (χ1n) is 8.38. The minimum atomic E-state index is -3.74. The molecule has 2 N–H and O–H groups in total. The van der Waals surface area contributed by atoms with Gasteiger partial charge in [-0.15, -0.1) is 0 Å². The van der Waals surface area contributed by atoms with Crippen molar-refractivity contribution in [2.45, 2.75) is 71.1 Å². The average molecular weight is 357 g/mol. The van der Waals surface area contributed by atoms with Gasteiger partial charge < -0.3 is 9.79 Å². The lowest BCUT2D eigenvalue weighted by molar-refractivity contribution is -0.502. The summed E-state index contributed by atoms with van der Waals surface area (Å²) in [6.45, 7) is 2.22. The van der Waals surface area contributed by atoms with Gasteiger partial charge >= 0.3 is 7.60 Å². The molecule has 0 radical (unpaired) electrons. The Bertz CT molecular complexity index is 265. The quantitative estimate of drug-likeness (QED) is 0.275. The van der Waals surface area contributed by atoms with Crippen LogP contribution in [0.15, 0.2) is 0 Å². The summed E-state index contributed by atoms with van der Waals surface area (Å²) in [6.07, 6.45) is 12.0. The second-order valence-electron chi connectivity index (χ2n) is 5.34. The van der Waals surface area contributed by atoms with Gasteiger partial charge in [0.2, 0.25) is 0 Å². The first-order valence-corrected chi connectivity index (χ1v) is 10.2. The van der Waals surface area contributed by atoms with Gasteiger partial charge in [0.15, 0.2) is 0 Å². The Hall–Kier alpha value is -0.0100. The van der Waals surface area contributed by atoms with Gasteiger partial charge in [-0.1, -0.05) is 64.7 Å². The molecule has 0 fully saturated rings. The van der Waals surface area contributed by atoms with Crippen LogP contribution >= 0.6 is 7.60 Å². The maximum Gasteiger partial charge on any atom is 0.325 e. The molecule has 0 aromatic heterocycles. The van der Waals surface area contributed by atoms with Gasteiger partial charge in [0.05, 0.1) is 26.7 Å². The van der Waals surface area contributed by atoms with Gasteiger partial charge in [-0.3, -0.25) is 19.1 Å². The van der Waals surface area contributed by atoms with E-state index in [1.807, 2.05) is 0 Å². The number of hydrogen-bond acceptors (Lipinski definition) is 5. The average Bonchev–Trinajstić information content (AvgIpc) is 2.50. The van der Waals surface area contributed by atoms with Crippen LogP contribution in [0.4, 0.5) is 0 Å². The zero-order valence-corrected chi connectivity index (χ0v) is 16.1. The summed E-state index contributed by atoms with van der Waals surface area (Å²) in [6, 6.07) is 0. The van der Waals surface area contributed by atoms with E-state index >= 15 is 0 Å². The smallest absolute Gasteiger partial charge is 0.324 e. The number of unbranched alkanes of at least 4 members (excludes halogenated alkanes) is 9. The molecule has 0 aromatic rings. The topological polar surface area (TPSA) is 88.5 Å². The third-order valence-electron chi connectivity index (χ3n) is 3.25. The van der Waals surface area contributed by atoms with Crippen molar-refractivity contribution < 1.29 is 28.9 Å². The third kappa shape index (κ3) is 24.4. The van der Waals surface area contributed by atoms with Crippen molar-refractivity contribution in [2.75, 3.05) is 27.5 Å². The molecule has 0 amide bonds. The fraction of sp³-hybridized carbons (Fsp3) is 1.00. The molecular weight excluding hydrogens is 321 g/mol. The zero-order valence-electron chi connectivity index (χ0n) is 15.2. The Morgan fingerprint density at radius 2 is 1.09 bits per heavy atom. The van der Waals surface area contributed by atoms with Crippen LogP contribution < -0.4 is 0 Å². The molecule has 0 aliphatic carbocycles. The molecule has 7 nitrogen and oxygen atoms in total. The van der Waals surface area contributed by atoms with Crippen molar-refractivity contribution in [3.8, 4) is 0 Å². The largest absolute Gasteiger partial charge is 0.325 e. The molecule has 0 bridgehead atoms. The van der Waals surface area contributed by atoms with E-state index in [1.165, 1.54) is 66.3 Å². The molecule has 0 spiro atoms. The molecule has 0 unspecified atom stereocenters. The van der Waals surface area contributed by atoms with Gasteiger partial charge in [0, 0.05) is 6.16 Å². The van der Waals surface area contributed by atoms with E-state index in [0.717, 1.165) is 18.2 Å². The summed E-state index contributed by atoms with van der Waals surface area (Å²) < 4.78 is 10.6. The molecule has 0 saturated carbocycles. The van der Waals surface area contributed by atoms with Crippen LogP contribution in [0.3, 0.4) is 0 Å². The van der Waals surface area contributed by atoms with Crippen molar-refractivity contribution in [3.63, 3.8) is 0 Å². The Morgan fingerprint density at radius 1 is 0.739 bits per heavy atom. The van der Waals surface area contributed by atoms with Crippen molar-refractivity contribution in [2.24, 2.45) is 0 Å². The Morgan fingerprint density at radius 3 is 1.35 bits per heavy atom. The Kier molecular flexibility index (Phi) is 20.1. The maximum absolute atomic E-state index is 10.6. The number of rotatable bonds is 14. The highest BCUT2D eigenvalue weighted by Crippen LogP contribution is 2.35. The fourth-order valence-electron chi connectivity index (χ4n) is 2.03. The van der Waals surface area contributed by atoms with Crippen LogP contribution in [0.25, 0.3) is 0 Å². The van der Waals surface area contributed by atoms with Gasteiger partial charge in [-0.2, -0.15) is 0 Å². The molecule has 0 aromatic carbocycles. The van der Waals surface area contributed by atoms with Crippen LogP contribution in [0.1, 0.15) is 71.1 Å². The maximum atomic E-state index is 10.6. The van der Waals surface area contributed by atoms with Gasteiger partial charge in [-0.05, 0) is 6.42 Å². The van der Waals surface area contributed by atoms with Crippen molar-refractivity contribution in [1.82, 2.24) is 5.39 Å². The highest BCUT2D eigenvalue weighted by Gasteiger charge is 2.10. The van der Waals surface area contributed by atoms with Crippen molar-refractivity contribution in [1.29, 1.82) is 0 Å². The second kappa shape index (κ2) is 18.3. The minimum absolute atomic E-state index is 0.0590. The molecule has 0 saturated heterocycles. The standard InChI is InChI=1S/C12H27O3P.C3H9NO3/c1-2-3-4-5-6-7-8-9-10-11-12-16(13,14)15;1-5-4(6-2)7-3/h2-12H2,1H3,(H2,13,14,15);1-3H3. The van der Waals surface area contributed by atoms with Gasteiger partial charge in [0.25, 0.3) is 0 Å². The summed E-state index contributed by atoms with van der Waals surface area (Å²) in [4.78, 5) is 30.6. The third-order valence-corrected chi connectivity index (χ3v) is 4.15. The summed E-state index contributed by atoms with van der Waals surface area (Å²) in [5, 5.41) is 0.875. The normalized spacial score (nSPS) is 11.4. The van der Waals surface area contributed by atoms with Crippen LogP contribution in [-0.2, 0) is 19.1 Å². The van der Waals surface area contributed by atoms with Crippen molar-refractivity contribution in [3.05, 3.63) is 0 Å². The highest BCUT2D eigenvalue weighted by molar-refractivity contribution is 7.51. The summed E-state index contributed by atoms with van der Waals surface area (Å²) in [7, 11) is 0.573. The molecule has 0 rings (SSSR count). The molecule has 8 heteroatoms. The van der Waals surface area contributed by atoms with Crippen LogP contribution in [0, 0.1) is 0 Å². The highest BCUT2D eigenvalue weighted by atomic mass is 31.2. The minimum Gasteiger partial charge on any atom is -0.324 e. The van der Waals surface area contributed by atoms with E-state index in [9.17, 15) is 4.57 Å².